The molecule has 0 saturated heterocycles. The number of aryl methyl sites for hydroxylation is 1. The predicted octanol–water partition coefficient (Wildman–Crippen LogP) is 3.64. The third-order valence-corrected chi connectivity index (χ3v) is 3.64. The zero-order valence-electron chi connectivity index (χ0n) is 12.4. The van der Waals surface area contributed by atoms with Crippen LogP contribution < -0.4 is 5.32 Å². The first kappa shape index (κ1) is 13.7. The molecule has 0 saturated carbocycles. The van der Waals surface area contributed by atoms with Crippen molar-refractivity contribution < 1.29 is 0 Å². The monoisotopic (exact) mass is 277 g/mol. The van der Waals surface area contributed by atoms with E-state index in [1.165, 1.54) is 16.5 Å². The molecule has 21 heavy (non-hydrogen) atoms. The van der Waals surface area contributed by atoms with Gasteiger partial charge in [-0.2, -0.15) is 0 Å². The van der Waals surface area contributed by atoms with E-state index in [0.717, 1.165) is 17.8 Å². The minimum Gasteiger partial charge on any atom is -0.306 e. The van der Waals surface area contributed by atoms with Crippen molar-refractivity contribution >= 4 is 10.9 Å². The molecule has 1 N–H and O–H groups in total. The van der Waals surface area contributed by atoms with Crippen LogP contribution in [0.3, 0.4) is 0 Å². The molecule has 0 aliphatic rings. The van der Waals surface area contributed by atoms with Crippen LogP contribution in [0.5, 0.6) is 0 Å². The molecule has 3 aromatic rings. The standard InChI is InChI=1S/C18H19N3/c1-3-19-18(15-9-11-20-13(2)12-15)16-8-4-6-14-7-5-10-21-17(14)16/h4-12,18-19H,3H2,1-2H3. The summed E-state index contributed by atoms with van der Waals surface area (Å²) >= 11 is 0. The number of hydrogen-bond donors (Lipinski definition) is 1. The Hall–Kier alpha value is -2.26. The van der Waals surface area contributed by atoms with Crippen LogP contribution in [0.2, 0.25) is 0 Å². The van der Waals surface area contributed by atoms with Crippen LogP contribution in [-0.2, 0) is 0 Å². The van der Waals surface area contributed by atoms with Crippen LogP contribution >= 0.6 is 0 Å². The number of fused-ring (bicyclic) bond motifs is 1. The first-order valence-electron chi connectivity index (χ1n) is 7.29. The number of benzene rings is 1. The molecule has 3 nitrogen and oxygen atoms in total. The second-order valence-corrected chi connectivity index (χ2v) is 5.14. The summed E-state index contributed by atoms with van der Waals surface area (Å²) in [7, 11) is 0. The first-order valence-corrected chi connectivity index (χ1v) is 7.29. The molecule has 2 heterocycles. The van der Waals surface area contributed by atoms with E-state index in [4.69, 9.17) is 0 Å². The van der Waals surface area contributed by atoms with Crippen LogP contribution in [0.25, 0.3) is 10.9 Å². The van der Waals surface area contributed by atoms with E-state index in [0.29, 0.717) is 0 Å². The molecule has 3 rings (SSSR count). The number of pyridine rings is 2. The lowest BCUT2D eigenvalue weighted by Crippen LogP contribution is -2.22. The second-order valence-electron chi connectivity index (χ2n) is 5.14. The Morgan fingerprint density at radius 1 is 1.05 bits per heavy atom. The summed E-state index contributed by atoms with van der Waals surface area (Å²) in [4.78, 5) is 8.87. The van der Waals surface area contributed by atoms with Crippen molar-refractivity contribution in [3.8, 4) is 0 Å². The summed E-state index contributed by atoms with van der Waals surface area (Å²) in [6.07, 6.45) is 3.72. The van der Waals surface area contributed by atoms with Gasteiger partial charge in [-0.1, -0.05) is 31.2 Å². The largest absolute Gasteiger partial charge is 0.306 e. The van der Waals surface area contributed by atoms with Gasteiger partial charge in [-0.05, 0) is 42.8 Å². The fourth-order valence-corrected chi connectivity index (χ4v) is 2.72. The molecule has 1 aromatic carbocycles. The van der Waals surface area contributed by atoms with E-state index in [1.54, 1.807) is 0 Å². The summed E-state index contributed by atoms with van der Waals surface area (Å²) in [6, 6.07) is 14.8. The molecule has 0 spiro atoms. The van der Waals surface area contributed by atoms with Crippen LogP contribution in [0, 0.1) is 6.92 Å². The van der Waals surface area contributed by atoms with E-state index in [9.17, 15) is 0 Å². The molecule has 106 valence electrons. The Labute approximate surface area is 125 Å². The van der Waals surface area contributed by atoms with Gasteiger partial charge in [0.2, 0.25) is 0 Å². The lowest BCUT2D eigenvalue weighted by atomic mass is 9.96. The Bertz CT molecular complexity index is 747. The van der Waals surface area contributed by atoms with Gasteiger partial charge < -0.3 is 5.32 Å². The maximum Gasteiger partial charge on any atom is 0.0753 e. The van der Waals surface area contributed by atoms with Gasteiger partial charge in [0.05, 0.1) is 11.6 Å². The van der Waals surface area contributed by atoms with Crippen molar-refractivity contribution in [3.05, 3.63) is 71.7 Å². The highest BCUT2D eigenvalue weighted by molar-refractivity contribution is 5.82. The number of hydrogen-bond acceptors (Lipinski definition) is 3. The maximum atomic E-state index is 4.58. The third kappa shape index (κ3) is 2.78. The molecule has 1 unspecified atom stereocenters. The van der Waals surface area contributed by atoms with Gasteiger partial charge in [0.25, 0.3) is 0 Å². The highest BCUT2D eigenvalue weighted by Crippen LogP contribution is 2.27. The normalized spacial score (nSPS) is 12.5. The van der Waals surface area contributed by atoms with E-state index in [1.807, 2.05) is 25.4 Å². The van der Waals surface area contributed by atoms with E-state index in [2.05, 4.69) is 58.6 Å². The van der Waals surface area contributed by atoms with Crippen LogP contribution in [0.1, 0.15) is 29.8 Å². The number of para-hydroxylation sites is 1. The summed E-state index contributed by atoms with van der Waals surface area (Å²) in [5, 5.41) is 4.74. The average molecular weight is 277 g/mol. The van der Waals surface area contributed by atoms with Crippen molar-refractivity contribution in [3.63, 3.8) is 0 Å². The number of rotatable bonds is 4. The van der Waals surface area contributed by atoms with Crippen LogP contribution in [0.4, 0.5) is 0 Å². The molecule has 1 atom stereocenters. The summed E-state index contributed by atoms with van der Waals surface area (Å²) < 4.78 is 0. The van der Waals surface area contributed by atoms with Gasteiger partial charge >= 0.3 is 0 Å². The Morgan fingerprint density at radius 3 is 2.71 bits per heavy atom. The zero-order chi connectivity index (χ0) is 14.7. The molecule has 2 aromatic heterocycles. The summed E-state index contributed by atoms with van der Waals surface area (Å²) in [5.41, 5.74) is 4.52. The minimum atomic E-state index is 0.135. The van der Waals surface area contributed by atoms with Gasteiger partial charge in [-0.3, -0.25) is 9.97 Å². The quantitative estimate of drug-likeness (QED) is 0.791. The summed E-state index contributed by atoms with van der Waals surface area (Å²) in [5.74, 6) is 0. The topological polar surface area (TPSA) is 37.8 Å². The lowest BCUT2D eigenvalue weighted by Gasteiger charge is -2.20. The molecule has 0 fully saturated rings. The fraction of sp³-hybridized carbons (Fsp3) is 0.222. The smallest absolute Gasteiger partial charge is 0.0753 e. The van der Waals surface area contributed by atoms with Gasteiger partial charge in [-0.25, -0.2) is 0 Å². The van der Waals surface area contributed by atoms with Crippen molar-refractivity contribution in [1.82, 2.24) is 15.3 Å². The maximum absolute atomic E-state index is 4.58. The molecule has 0 bridgehead atoms. The van der Waals surface area contributed by atoms with E-state index in [-0.39, 0.29) is 6.04 Å². The lowest BCUT2D eigenvalue weighted by molar-refractivity contribution is 0.632. The van der Waals surface area contributed by atoms with Crippen LogP contribution in [0.15, 0.2) is 54.9 Å². The van der Waals surface area contributed by atoms with E-state index < -0.39 is 0 Å². The SMILES string of the molecule is CCNC(c1ccnc(C)c1)c1cccc2cccnc12. The summed E-state index contributed by atoms with van der Waals surface area (Å²) in [6.45, 7) is 5.04. The van der Waals surface area contributed by atoms with Crippen molar-refractivity contribution in [1.29, 1.82) is 0 Å². The zero-order valence-corrected chi connectivity index (χ0v) is 12.4. The Balaban J connectivity index is 2.16. The van der Waals surface area contributed by atoms with Crippen LogP contribution in [-0.4, -0.2) is 16.5 Å². The number of nitrogens with zero attached hydrogens (tertiary/aromatic N) is 2. The highest BCUT2D eigenvalue weighted by atomic mass is 14.9. The average Bonchev–Trinajstić information content (AvgIpc) is 2.52. The van der Waals surface area contributed by atoms with Gasteiger partial charge in [0.1, 0.15) is 0 Å². The Morgan fingerprint density at radius 2 is 1.90 bits per heavy atom. The predicted molar refractivity (Wildman–Crippen MR) is 86.2 cm³/mol. The minimum absolute atomic E-state index is 0.135. The van der Waals surface area contributed by atoms with Crippen molar-refractivity contribution in [2.75, 3.05) is 6.54 Å². The van der Waals surface area contributed by atoms with E-state index >= 15 is 0 Å². The molecule has 0 aliphatic carbocycles. The van der Waals surface area contributed by atoms with Gasteiger partial charge in [0.15, 0.2) is 0 Å². The first-order chi connectivity index (χ1) is 10.3. The third-order valence-electron chi connectivity index (χ3n) is 3.64. The van der Waals surface area contributed by atoms with Crippen molar-refractivity contribution in [2.24, 2.45) is 0 Å². The van der Waals surface area contributed by atoms with Gasteiger partial charge in [-0.15, -0.1) is 0 Å². The second kappa shape index (κ2) is 6.02. The molecule has 0 amide bonds. The molecule has 0 aliphatic heterocycles. The number of nitrogens with one attached hydrogen (secondary N) is 1. The highest BCUT2D eigenvalue weighted by Gasteiger charge is 2.16. The molecular formula is C18H19N3. The number of aromatic nitrogens is 2. The molecule has 0 radical (unpaired) electrons. The fourth-order valence-electron chi connectivity index (χ4n) is 2.72. The Kier molecular flexibility index (Phi) is 3.93. The van der Waals surface area contributed by atoms with Crippen molar-refractivity contribution in [2.45, 2.75) is 19.9 Å². The van der Waals surface area contributed by atoms with Gasteiger partial charge in [0, 0.05) is 23.5 Å². The molecular weight excluding hydrogens is 258 g/mol. The molecule has 3 heteroatoms.